The molecule has 0 aliphatic heterocycles. The van der Waals surface area contributed by atoms with Crippen LogP contribution in [0.5, 0.6) is 0 Å². The summed E-state index contributed by atoms with van der Waals surface area (Å²) in [6, 6.07) is 0. The minimum Gasteiger partial charge on any atom is -0.322 e. The van der Waals surface area contributed by atoms with Gasteiger partial charge in [0.1, 0.15) is 6.29 Å². The van der Waals surface area contributed by atoms with Crippen LogP contribution in [0.25, 0.3) is 0 Å². The lowest BCUT2D eigenvalue weighted by Crippen LogP contribution is -2.34. The number of rotatable bonds is 3. The predicted octanol–water partition coefficient (Wildman–Crippen LogP) is 2.52. The largest absolute Gasteiger partial charge is 0.322 e. The maximum Gasteiger partial charge on any atom is 0.276 e. The molecule has 84 valence electrons. The molecule has 0 rings (SSSR count). The van der Waals surface area contributed by atoms with Gasteiger partial charge < -0.3 is 5.32 Å². The molecule has 1 amide bonds. The number of aldehydes is 1. The SMILES string of the molecule is C/C=C\C(NC(=O)C(Cl)(Cl)Cl)=C(/C)C=O. The van der Waals surface area contributed by atoms with Crippen LogP contribution in [0.15, 0.2) is 23.4 Å². The van der Waals surface area contributed by atoms with Crippen LogP contribution in [0.1, 0.15) is 13.8 Å². The number of alkyl halides is 3. The number of allylic oxidation sites excluding steroid dienone is 3. The number of nitrogens with one attached hydrogen (secondary N) is 1. The lowest BCUT2D eigenvalue weighted by atomic mass is 10.2. The summed E-state index contributed by atoms with van der Waals surface area (Å²) in [7, 11) is 0. The van der Waals surface area contributed by atoms with Crippen LogP contribution in [0.4, 0.5) is 0 Å². The third-order valence-corrected chi connectivity index (χ3v) is 1.96. The van der Waals surface area contributed by atoms with E-state index in [0.29, 0.717) is 17.6 Å². The van der Waals surface area contributed by atoms with Gasteiger partial charge in [-0.3, -0.25) is 9.59 Å². The van der Waals surface area contributed by atoms with E-state index in [1.165, 1.54) is 6.08 Å². The summed E-state index contributed by atoms with van der Waals surface area (Å²) in [6.45, 7) is 3.28. The molecule has 0 aromatic carbocycles. The molecule has 0 aromatic rings. The Labute approximate surface area is 103 Å². The highest BCUT2D eigenvalue weighted by Gasteiger charge is 2.30. The van der Waals surface area contributed by atoms with Gasteiger partial charge in [0.25, 0.3) is 9.70 Å². The van der Waals surface area contributed by atoms with Crippen molar-refractivity contribution in [2.75, 3.05) is 0 Å². The molecule has 0 spiro atoms. The first kappa shape index (κ1) is 14.5. The van der Waals surface area contributed by atoms with Crippen LogP contribution >= 0.6 is 34.8 Å². The Morgan fingerprint density at radius 3 is 2.20 bits per heavy atom. The van der Waals surface area contributed by atoms with Gasteiger partial charge in [0.15, 0.2) is 0 Å². The summed E-state index contributed by atoms with van der Waals surface area (Å²) >= 11 is 16.1. The number of amides is 1. The molecule has 3 nitrogen and oxygen atoms in total. The summed E-state index contributed by atoms with van der Waals surface area (Å²) in [5.41, 5.74) is 0.652. The average Bonchev–Trinajstić information content (AvgIpc) is 2.14. The first-order chi connectivity index (χ1) is 6.82. The van der Waals surface area contributed by atoms with Gasteiger partial charge in [0, 0.05) is 11.3 Å². The fourth-order valence-electron chi connectivity index (χ4n) is 0.695. The van der Waals surface area contributed by atoms with Crippen molar-refractivity contribution in [2.45, 2.75) is 17.6 Å². The number of hydrogen-bond donors (Lipinski definition) is 1. The zero-order valence-corrected chi connectivity index (χ0v) is 10.5. The van der Waals surface area contributed by atoms with Crippen molar-refractivity contribution in [3.8, 4) is 0 Å². The van der Waals surface area contributed by atoms with E-state index in [1.54, 1.807) is 19.9 Å². The molecule has 0 fully saturated rings. The standard InChI is InChI=1S/C9H10Cl3NO2/c1-3-4-7(6(2)5-14)13-8(15)9(10,11)12/h3-5H,1-2H3,(H,13,15)/b4-3-,7-6-. The summed E-state index contributed by atoms with van der Waals surface area (Å²) in [5.74, 6) is -0.804. The lowest BCUT2D eigenvalue weighted by Gasteiger charge is -2.12. The highest BCUT2D eigenvalue weighted by atomic mass is 35.6. The summed E-state index contributed by atoms with van der Waals surface area (Å²) < 4.78 is -2.05. The molecule has 0 aromatic heterocycles. The van der Waals surface area contributed by atoms with Crippen molar-refractivity contribution in [1.29, 1.82) is 0 Å². The summed E-state index contributed by atoms with van der Waals surface area (Å²) in [6.07, 6.45) is 3.80. The zero-order valence-electron chi connectivity index (χ0n) is 8.18. The first-order valence-corrected chi connectivity index (χ1v) is 5.13. The summed E-state index contributed by atoms with van der Waals surface area (Å²) in [5, 5.41) is 2.34. The Balaban J connectivity index is 4.88. The Hall–Kier alpha value is -0.510. The Bertz CT molecular complexity index is 316. The van der Waals surface area contributed by atoms with E-state index >= 15 is 0 Å². The molecule has 15 heavy (non-hydrogen) atoms. The molecular formula is C9H10Cl3NO2. The van der Waals surface area contributed by atoms with Crippen LogP contribution in [0, 0.1) is 0 Å². The number of carbonyl (C=O) groups excluding carboxylic acids is 2. The predicted molar refractivity (Wildman–Crippen MR) is 62.0 cm³/mol. The molecule has 0 unspecified atom stereocenters. The van der Waals surface area contributed by atoms with Gasteiger partial charge >= 0.3 is 0 Å². The van der Waals surface area contributed by atoms with Gasteiger partial charge in [-0.1, -0.05) is 40.9 Å². The molecule has 0 radical (unpaired) electrons. The Kier molecular flexibility index (Phi) is 5.95. The number of carbonyl (C=O) groups is 2. The minimum atomic E-state index is -2.05. The Morgan fingerprint density at radius 1 is 1.33 bits per heavy atom. The topological polar surface area (TPSA) is 46.2 Å². The smallest absolute Gasteiger partial charge is 0.276 e. The van der Waals surface area contributed by atoms with Crippen LogP contribution < -0.4 is 5.32 Å². The van der Waals surface area contributed by atoms with Crippen LogP contribution in [-0.2, 0) is 9.59 Å². The van der Waals surface area contributed by atoms with E-state index in [1.807, 2.05) is 0 Å². The van der Waals surface area contributed by atoms with E-state index in [0.717, 1.165) is 0 Å². The van der Waals surface area contributed by atoms with Crippen molar-refractivity contribution >= 4 is 47.0 Å². The second kappa shape index (κ2) is 6.16. The first-order valence-electron chi connectivity index (χ1n) is 3.99. The molecular weight excluding hydrogens is 260 g/mol. The van der Waals surface area contributed by atoms with Gasteiger partial charge in [-0.05, 0) is 19.9 Å². The summed E-state index contributed by atoms with van der Waals surface area (Å²) in [4.78, 5) is 21.8. The molecule has 0 saturated heterocycles. The second-order valence-corrected chi connectivity index (χ2v) is 4.95. The maximum atomic E-state index is 11.3. The van der Waals surface area contributed by atoms with Crippen molar-refractivity contribution in [3.63, 3.8) is 0 Å². The maximum absolute atomic E-state index is 11.3. The van der Waals surface area contributed by atoms with Crippen molar-refractivity contribution in [3.05, 3.63) is 23.4 Å². The third kappa shape index (κ3) is 5.21. The molecule has 0 saturated carbocycles. The van der Waals surface area contributed by atoms with Gasteiger partial charge in [-0.2, -0.15) is 0 Å². The van der Waals surface area contributed by atoms with Crippen molar-refractivity contribution in [2.24, 2.45) is 0 Å². The van der Waals surface area contributed by atoms with Gasteiger partial charge in [-0.15, -0.1) is 0 Å². The highest BCUT2D eigenvalue weighted by molar-refractivity contribution is 6.76. The normalized spacial score (nSPS) is 13.7. The van der Waals surface area contributed by atoms with E-state index in [4.69, 9.17) is 34.8 Å². The zero-order chi connectivity index (χ0) is 12.1. The third-order valence-electron chi connectivity index (χ3n) is 1.44. The fourth-order valence-corrected chi connectivity index (χ4v) is 0.837. The molecule has 0 aliphatic carbocycles. The number of hydrogen-bond acceptors (Lipinski definition) is 2. The molecule has 0 atom stereocenters. The molecule has 1 N–H and O–H groups in total. The van der Waals surface area contributed by atoms with E-state index < -0.39 is 9.70 Å². The molecule has 6 heteroatoms. The monoisotopic (exact) mass is 269 g/mol. The molecule has 0 aliphatic rings. The van der Waals surface area contributed by atoms with Crippen LogP contribution in [0.2, 0.25) is 0 Å². The molecule has 0 heterocycles. The van der Waals surface area contributed by atoms with E-state index in [-0.39, 0.29) is 0 Å². The lowest BCUT2D eigenvalue weighted by molar-refractivity contribution is -0.119. The van der Waals surface area contributed by atoms with Gasteiger partial charge in [0.2, 0.25) is 0 Å². The van der Waals surface area contributed by atoms with Crippen molar-refractivity contribution < 1.29 is 9.59 Å². The molecule has 0 bridgehead atoms. The second-order valence-electron chi connectivity index (χ2n) is 2.67. The van der Waals surface area contributed by atoms with Gasteiger partial charge in [-0.25, -0.2) is 0 Å². The number of halogens is 3. The van der Waals surface area contributed by atoms with E-state index in [2.05, 4.69) is 5.32 Å². The minimum absolute atomic E-state index is 0.309. The fraction of sp³-hybridized carbons (Fsp3) is 0.333. The van der Waals surface area contributed by atoms with E-state index in [9.17, 15) is 9.59 Å². The average molecular weight is 271 g/mol. The quantitative estimate of drug-likeness (QED) is 0.371. The van der Waals surface area contributed by atoms with Crippen LogP contribution in [-0.4, -0.2) is 16.0 Å². The highest BCUT2D eigenvalue weighted by Crippen LogP contribution is 2.26. The van der Waals surface area contributed by atoms with Crippen LogP contribution in [0.3, 0.4) is 0 Å². The Morgan fingerprint density at radius 2 is 1.87 bits per heavy atom. The van der Waals surface area contributed by atoms with Crippen molar-refractivity contribution in [1.82, 2.24) is 5.32 Å². The van der Waals surface area contributed by atoms with Gasteiger partial charge in [0.05, 0.1) is 0 Å².